The summed E-state index contributed by atoms with van der Waals surface area (Å²) in [4.78, 5) is 27.7. The fraction of sp³-hybridized carbons (Fsp3) is 0.143. The van der Waals surface area contributed by atoms with E-state index < -0.39 is 66.1 Å². The smallest absolute Gasteiger partial charge is 0.296 e. The van der Waals surface area contributed by atoms with Crippen LogP contribution in [0.3, 0.4) is 0 Å². The lowest BCUT2D eigenvalue weighted by Gasteiger charge is -2.16. The van der Waals surface area contributed by atoms with E-state index in [4.69, 9.17) is 39.4 Å². The van der Waals surface area contributed by atoms with Gasteiger partial charge < -0.3 is 30.7 Å². The van der Waals surface area contributed by atoms with Gasteiger partial charge in [0.05, 0.1) is 114 Å². The highest BCUT2D eigenvalue weighted by atomic mass is 32.2. The minimum atomic E-state index is -4.86. The summed E-state index contributed by atoms with van der Waals surface area (Å²) in [5.74, 6) is 0.909. The molecule has 0 fully saturated rings. The van der Waals surface area contributed by atoms with E-state index in [0.717, 1.165) is 23.3 Å². The Morgan fingerprint density at radius 1 is 0.295 bits per heavy atom. The Balaban J connectivity index is 0.708. The molecule has 0 saturated carbocycles. The predicted molar refractivity (Wildman–Crippen MR) is 544 cm³/mol. The quantitative estimate of drug-likeness (QED) is 0.00974. The van der Waals surface area contributed by atoms with Crippen molar-refractivity contribution in [2.75, 3.05) is 40.2 Å². The zero-order valence-electron chi connectivity index (χ0n) is 77.9. The van der Waals surface area contributed by atoms with Crippen LogP contribution >= 0.6 is 0 Å². The molecule has 0 aliphatic rings. The summed E-state index contributed by atoms with van der Waals surface area (Å²) in [7, 11) is -22.9. The summed E-state index contributed by atoms with van der Waals surface area (Å²) in [5, 5.41) is 82.1. The Bertz CT molecular complexity index is 8240. The van der Waals surface area contributed by atoms with Crippen molar-refractivity contribution in [2.24, 2.45) is 81.8 Å². The second-order valence-corrected chi connectivity index (χ2v) is 39.5. The molecule has 48 heteroatoms. The molecule has 43 nitrogen and oxygen atoms in total. The van der Waals surface area contributed by atoms with Gasteiger partial charge in [-0.2, -0.15) is 139 Å². The summed E-state index contributed by atoms with van der Waals surface area (Å²) in [6.07, 6.45) is 0.622. The number of ether oxygens (including phenoxy) is 2. The van der Waals surface area contributed by atoms with Crippen molar-refractivity contribution in [1.82, 2.24) is 29.9 Å². The largest absolute Gasteiger partial charge is 0.493 e. The van der Waals surface area contributed by atoms with E-state index >= 15 is 0 Å². The summed E-state index contributed by atoms with van der Waals surface area (Å²) in [5.41, 5.74) is 11.2. The first-order valence-corrected chi connectivity index (χ1v) is 51.6. The van der Waals surface area contributed by atoms with Gasteiger partial charge in [0.15, 0.2) is 0 Å². The third-order valence-corrected chi connectivity index (χ3v) is 25.3. The van der Waals surface area contributed by atoms with Crippen LogP contribution in [0.1, 0.15) is 75.9 Å². The highest BCUT2D eigenvalue weighted by molar-refractivity contribution is 7.87. The van der Waals surface area contributed by atoms with Gasteiger partial charge in [-0.25, -0.2) is 4.98 Å². The van der Waals surface area contributed by atoms with Gasteiger partial charge in [-0.05, 0) is 274 Å². The van der Waals surface area contributed by atoms with Crippen molar-refractivity contribution in [3.05, 3.63) is 335 Å². The van der Waals surface area contributed by atoms with Crippen LogP contribution < -0.4 is 30.7 Å². The normalized spacial score (nSPS) is 12.3. The molecule has 13 aromatic carbocycles. The lowest BCUT2D eigenvalue weighted by atomic mass is 10.0. The van der Waals surface area contributed by atoms with Gasteiger partial charge in [0.1, 0.15) is 44.3 Å². The van der Waals surface area contributed by atoms with Gasteiger partial charge in [0.2, 0.25) is 23.8 Å². The Kier molecular flexibility index (Phi) is 33.2. The number of benzene rings is 13. The number of azo groups is 8. The number of nitrogens with zero attached hydrogens (tertiary/aromatic N) is 22. The summed E-state index contributed by atoms with van der Waals surface area (Å²) >= 11 is 0. The van der Waals surface area contributed by atoms with E-state index in [-0.39, 0.29) is 125 Å². The molecule has 0 bridgehead atoms. The first kappa shape index (κ1) is 103. The van der Waals surface area contributed by atoms with Crippen molar-refractivity contribution >= 4 is 177 Å². The molecule has 9 N–H and O–H groups in total. The van der Waals surface area contributed by atoms with Crippen LogP contribution in [-0.4, -0.2) is 114 Å². The van der Waals surface area contributed by atoms with Crippen LogP contribution in [0.25, 0.3) is 0 Å². The molecule has 2 aromatic heterocycles. The molecule has 2 heterocycles. The van der Waals surface area contributed by atoms with Crippen molar-refractivity contribution in [3.8, 4) is 11.5 Å². The number of aryl methyl sites for hydroxylation is 4. The fourth-order valence-corrected chi connectivity index (χ4v) is 16.5. The maximum Gasteiger partial charge on any atom is 0.296 e. The molecule has 0 radical (unpaired) electrons. The third-order valence-electron chi connectivity index (χ3n) is 21.0. The average molecular weight is 2060 g/mol. The first-order valence-electron chi connectivity index (χ1n) is 44.3. The standard InChI is InChI=1S/C98H88N26O17S5/c1-6-45-140-90-58-87(124-122-85-44-36-79(56-92(85)146(137,138)139)118-110-70-19-11-8-12-20-70)64(5)51-88(90)102-98-107-96(106-97(108-98)101-77-34-42-83(63(4)50-77)119-115-73-26-22-71(23-27-73)111-113-75-30-37-80(38-31-75)143(128,129)130)100-60-67-16-13-15-66(52-67)59-99-95-104-93(53-65-21-41-82(61(2)48-65)120-121-84-43-35-78(55-91(84)145(134,135)136)117-109-69-17-9-7-10-18-69)103-94(105-95)54-68-49-62(3)86(57-89(68)141-46-14-47-142(125,126)127)123-116-74-28-24-72(25-29-74)112-114-76-32-39-81(40-33-76)144(131,132)133/h7-13,15-44,48-52,55-58H,6,14,45-47,53-54,59-60H2,1-5H3,(H,125,126,127)(H,128,129,130)(H,131,132,133)(H,134,135,136)(H,137,138,139)(H,99,103,104,105)(H3,100,101,102,106,107,108). The van der Waals surface area contributed by atoms with E-state index in [0.29, 0.717) is 120 Å². The summed E-state index contributed by atoms with van der Waals surface area (Å²) in [6.45, 7) is 9.50. The lowest BCUT2D eigenvalue weighted by molar-refractivity contribution is 0.313. The van der Waals surface area contributed by atoms with Gasteiger partial charge in [0, 0.05) is 49.3 Å². The highest BCUT2D eigenvalue weighted by Crippen LogP contribution is 2.41. The van der Waals surface area contributed by atoms with E-state index in [2.05, 4.69) is 103 Å². The van der Waals surface area contributed by atoms with Gasteiger partial charge in [-0.1, -0.05) is 79.7 Å². The molecule has 0 atom stereocenters. The van der Waals surface area contributed by atoms with Gasteiger partial charge in [-0.3, -0.25) is 22.8 Å². The Labute approximate surface area is 837 Å². The van der Waals surface area contributed by atoms with Crippen LogP contribution in [0.5, 0.6) is 11.5 Å². The molecule has 742 valence electrons. The van der Waals surface area contributed by atoms with E-state index in [9.17, 15) is 64.9 Å². The minimum Gasteiger partial charge on any atom is -0.493 e. The van der Waals surface area contributed by atoms with Crippen LogP contribution in [0.15, 0.2) is 380 Å². The predicted octanol–water partition coefficient (Wildman–Crippen LogP) is 25.9. The zero-order valence-corrected chi connectivity index (χ0v) is 82.0. The maximum absolute atomic E-state index is 12.8. The molecule has 146 heavy (non-hydrogen) atoms. The van der Waals surface area contributed by atoms with Crippen molar-refractivity contribution in [2.45, 2.75) is 93.0 Å². The number of hydrogen-bond acceptors (Lipinski definition) is 38. The Morgan fingerprint density at radius 3 is 1.14 bits per heavy atom. The van der Waals surface area contributed by atoms with Gasteiger partial charge >= 0.3 is 0 Å². The Hall–Kier alpha value is -17.0. The summed E-state index contributed by atoms with van der Waals surface area (Å²) < 4.78 is 183. The first-order chi connectivity index (χ1) is 69.9. The second kappa shape index (κ2) is 46.8. The number of aromatic nitrogens is 6. The monoisotopic (exact) mass is 2060 g/mol. The van der Waals surface area contributed by atoms with Crippen LogP contribution in [0.4, 0.5) is 126 Å². The van der Waals surface area contributed by atoms with E-state index in [1.165, 1.54) is 72.8 Å². The van der Waals surface area contributed by atoms with E-state index in [1.54, 1.807) is 166 Å². The molecule has 15 rings (SSSR count). The second-order valence-electron chi connectivity index (χ2n) is 32.3. The molecule has 0 unspecified atom stereocenters. The molecule has 0 aliphatic carbocycles. The molecular weight excluding hydrogens is 1970 g/mol. The molecule has 0 aliphatic heterocycles. The highest BCUT2D eigenvalue weighted by Gasteiger charge is 2.24. The third kappa shape index (κ3) is 30.1. The molecule has 0 spiro atoms. The summed E-state index contributed by atoms with van der Waals surface area (Å²) in [6, 6.07) is 74.2. The van der Waals surface area contributed by atoms with Gasteiger partial charge in [-0.15, -0.1) is 10.2 Å². The maximum atomic E-state index is 12.8. The number of nitrogens with one attached hydrogen (secondary N) is 4. The zero-order chi connectivity index (χ0) is 103. The van der Waals surface area contributed by atoms with Crippen LogP contribution in [0.2, 0.25) is 0 Å². The number of rotatable bonds is 42. The van der Waals surface area contributed by atoms with Crippen LogP contribution in [-0.2, 0) is 76.5 Å². The van der Waals surface area contributed by atoms with Crippen molar-refractivity contribution < 1.29 is 74.3 Å². The lowest BCUT2D eigenvalue weighted by Crippen LogP contribution is -2.12. The molecular formula is C98H88N26O17S5. The number of anilines is 6. The van der Waals surface area contributed by atoms with Crippen molar-refractivity contribution in [1.29, 1.82) is 0 Å². The minimum absolute atomic E-state index is 0.00539. The SMILES string of the molecule is CCCOc1cc(N=Nc2ccc(N=Nc3ccccc3)cc2S(=O)(=O)O)c(C)cc1Nc1nc(NCc2cccc(CNc3nc(Cc4ccc(N=Nc5ccc(N=Nc6ccccc6)cc5S(=O)(=O)O)c(C)c4)nc(Cc4cc(C)c(N=Nc5ccc(N=Nc6ccc(S(=O)(=O)O)cc6)cc5)cc4OCCCS(=O)(=O)O)n3)c2)nc(Nc2ccc(N=Nc3ccc(N=Nc4ccc(S(=O)(=O)O)cc4)cc3)c(C)c2)n1. The average Bonchev–Trinajstić information content (AvgIpc) is 0.816. The topological polar surface area (TPSA) is 614 Å². The fourth-order valence-electron chi connectivity index (χ4n) is 13.8. The van der Waals surface area contributed by atoms with Crippen molar-refractivity contribution in [3.63, 3.8) is 0 Å². The molecule has 0 amide bonds. The van der Waals surface area contributed by atoms with E-state index in [1.807, 2.05) is 62.4 Å². The van der Waals surface area contributed by atoms with Crippen LogP contribution in [0, 0.1) is 27.7 Å². The number of hydrogen-bond donors (Lipinski definition) is 9. The Morgan fingerprint density at radius 2 is 0.671 bits per heavy atom. The van der Waals surface area contributed by atoms with Gasteiger partial charge in [0.25, 0.3) is 50.6 Å². The molecule has 15 aromatic rings. The molecule has 0 saturated heterocycles.